The van der Waals surface area contributed by atoms with E-state index < -0.39 is 0 Å². The number of carbonyl (C=O) groups is 1. The molecule has 0 aromatic heterocycles. The van der Waals surface area contributed by atoms with Crippen LogP contribution in [0.25, 0.3) is 0 Å². The Morgan fingerprint density at radius 2 is 1.87 bits per heavy atom. The first kappa shape index (κ1) is 14.4. The Balaban J connectivity index is 3.30. The van der Waals surface area contributed by atoms with Crippen LogP contribution in [0.5, 0.6) is 0 Å². The zero-order valence-corrected chi connectivity index (χ0v) is 9.96. The second-order valence-electron chi connectivity index (χ2n) is 3.98. The molecule has 0 saturated carbocycles. The largest absolute Gasteiger partial charge is 0.465 e. The maximum atomic E-state index is 11.3. The van der Waals surface area contributed by atoms with Gasteiger partial charge < -0.3 is 4.74 Å². The Morgan fingerprint density at radius 1 is 1.20 bits per heavy atom. The summed E-state index contributed by atoms with van der Waals surface area (Å²) >= 11 is 0. The first-order valence-electron chi connectivity index (χ1n) is 5.97. The summed E-state index contributed by atoms with van der Waals surface area (Å²) in [5.41, 5.74) is 0. The normalized spacial score (nSPS) is 12.5. The van der Waals surface area contributed by atoms with Gasteiger partial charge in [-0.1, -0.05) is 26.7 Å². The van der Waals surface area contributed by atoms with Crippen molar-refractivity contribution < 1.29 is 14.6 Å². The van der Waals surface area contributed by atoms with Crippen LogP contribution in [0.1, 0.15) is 52.4 Å². The number of ether oxygens (including phenoxy) is 1. The van der Waals surface area contributed by atoms with E-state index in [2.05, 4.69) is 6.92 Å². The third-order valence-electron chi connectivity index (χ3n) is 2.41. The number of hydrogen-bond acceptors (Lipinski definition) is 2. The quantitative estimate of drug-likeness (QED) is 0.438. The SMILES string of the molecule is CCCC(C)C(=O)OCCCCCC[O]. The zero-order valence-electron chi connectivity index (χ0n) is 9.96. The van der Waals surface area contributed by atoms with E-state index in [0.29, 0.717) is 6.61 Å². The highest BCUT2D eigenvalue weighted by Gasteiger charge is 2.12. The van der Waals surface area contributed by atoms with Crippen molar-refractivity contribution in [2.75, 3.05) is 13.2 Å². The summed E-state index contributed by atoms with van der Waals surface area (Å²) < 4.78 is 5.12. The molecule has 0 aliphatic rings. The molecule has 0 heterocycles. The lowest BCUT2D eigenvalue weighted by molar-refractivity contribution is -0.148. The van der Waals surface area contributed by atoms with Crippen LogP contribution in [0.3, 0.4) is 0 Å². The van der Waals surface area contributed by atoms with E-state index in [0.717, 1.165) is 38.5 Å². The van der Waals surface area contributed by atoms with E-state index in [1.807, 2.05) is 6.92 Å². The molecule has 0 fully saturated rings. The first-order valence-corrected chi connectivity index (χ1v) is 5.97. The van der Waals surface area contributed by atoms with Gasteiger partial charge in [-0.15, -0.1) is 0 Å². The molecular weight excluding hydrogens is 192 g/mol. The molecule has 0 bridgehead atoms. The molecule has 1 unspecified atom stereocenters. The zero-order chi connectivity index (χ0) is 11.5. The van der Waals surface area contributed by atoms with E-state index >= 15 is 0 Å². The van der Waals surface area contributed by atoms with Gasteiger partial charge in [0.2, 0.25) is 0 Å². The van der Waals surface area contributed by atoms with Crippen LogP contribution >= 0.6 is 0 Å². The minimum Gasteiger partial charge on any atom is -0.465 e. The molecule has 15 heavy (non-hydrogen) atoms. The molecule has 0 spiro atoms. The van der Waals surface area contributed by atoms with Crippen molar-refractivity contribution in [3.05, 3.63) is 0 Å². The van der Waals surface area contributed by atoms with E-state index in [1.54, 1.807) is 0 Å². The third kappa shape index (κ3) is 8.43. The molecule has 0 aromatic rings. The highest BCUT2D eigenvalue weighted by atomic mass is 16.5. The maximum Gasteiger partial charge on any atom is 0.308 e. The van der Waals surface area contributed by atoms with Gasteiger partial charge in [-0.05, 0) is 25.7 Å². The van der Waals surface area contributed by atoms with Crippen molar-refractivity contribution in [2.24, 2.45) is 5.92 Å². The van der Waals surface area contributed by atoms with Gasteiger partial charge in [0.05, 0.1) is 19.1 Å². The topological polar surface area (TPSA) is 46.2 Å². The van der Waals surface area contributed by atoms with Gasteiger partial charge in [-0.25, -0.2) is 5.11 Å². The predicted octanol–water partition coefficient (Wildman–Crippen LogP) is 2.96. The highest BCUT2D eigenvalue weighted by Crippen LogP contribution is 2.08. The summed E-state index contributed by atoms with van der Waals surface area (Å²) in [7, 11) is 0. The molecule has 3 nitrogen and oxygen atoms in total. The van der Waals surface area contributed by atoms with E-state index in [1.165, 1.54) is 0 Å². The molecule has 0 amide bonds. The third-order valence-corrected chi connectivity index (χ3v) is 2.41. The minimum absolute atomic E-state index is 0.00726. The van der Waals surface area contributed by atoms with Crippen LogP contribution in [0.15, 0.2) is 0 Å². The summed E-state index contributed by atoms with van der Waals surface area (Å²) in [6, 6.07) is 0. The van der Waals surface area contributed by atoms with E-state index in [9.17, 15) is 9.90 Å². The van der Waals surface area contributed by atoms with Gasteiger partial charge in [-0.2, -0.15) is 0 Å². The average molecular weight is 215 g/mol. The molecule has 1 radical (unpaired) electrons. The molecule has 0 aliphatic carbocycles. The molecule has 1 atom stereocenters. The van der Waals surface area contributed by atoms with Gasteiger partial charge >= 0.3 is 5.97 Å². The first-order chi connectivity index (χ1) is 7.22. The fourth-order valence-electron chi connectivity index (χ4n) is 1.42. The maximum absolute atomic E-state index is 11.3. The van der Waals surface area contributed by atoms with Crippen LogP contribution in [0, 0.1) is 5.92 Å². The molecule has 3 heteroatoms. The van der Waals surface area contributed by atoms with Gasteiger partial charge in [0.15, 0.2) is 0 Å². The van der Waals surface area contributed by atoms with Crippen LogP contribution in [0.2, 0.25) is 0 Å². The average Bonchev–Trinajstić information content (AvgIpc) is 2.23. The second kappa shape index (κ2) is 9.97. The van der Waals surface area contributed by atoms with Crippen LogP contribution in [-0.4, -0.2) is 19.2 Å². The van der Waals surface area contributed by atoms with E-state index in [-0.39, 0.29) is 18.5 Å². The van der Waals surface area contributed by atoms with E-state index in [4.69, 9.17) is 4.74 Å². The molecule has 0 N–H and O–H groups in total. The van der Waals surface area contributed by atoms with Crippen molar-refractivity contribution >= 4 is 5.97 Å². The summed E-state index contributed by atoms with van der Waals surface area (Å²) in [5, 5.41) is 10.1. The lowest BCUT2D eigenvalue weighted by atomic mass is 10.1. The van der Waals surface area contributed by atoms with Crippen molar-refractivity contribution in [2.45, 2.75) is 52.4 Å². The summed E-state index contributed by atoms with van der Waals surface area (Å²) in [6.45, 7) is 4.48. The Morgan fingerprint density at radius 3 is 2.47 bits per heavy atom. The molecule has 0 saturated heterocycles. The van der Waals surface area contributed by atoms with Gasteiger partial charge in [0, 0.05) is 0 Å². The van der Waals surface area contributed by atoms with Crippen LogP contribution in [-0.2, 0) is 14.6 Å². The Bertz CT molecular complexity index is 157. The van der Waals surface area contributed by atoms with Gasteiger partial charge in [0.1, 0.15) is 0 Å². The number of carbonyl (C=O) groups excluding carboxylic acids is 1. The number of rotatable bonds is 9. The van der Waals surface area contributed by atoms with Crippen molar-refractivity contribution in [3.63, 3.8) is 0 Å². The van der Waals surface area contributed by atoms with Gasteiger partial charge in [0.25, 0.3) is 0 Å². The Labute approximate surface area is 92.8 Å². The molecule has 0 aliphatic heterocycles. The van der Waals surface area contributed by atoms with Crippen LogP contribution in [0.4, 0.5) is 0 Å². The fourth-order valence-corrected chi connectivity index (χ4v) is 1.42. The monoisotopic (exact) mass is 215 g/mol. The molecular formula is C12H23O3. The van der Waals surface area contributed by atoms with Crippen molar-refractivity contribution in [3.8, 4) is 0 Å². The fraction of sp³-hybridized carbons (Fsp3) is 0.917. The van der Waals surface area contributed by atoms with Crippen molar-refractivity contribution in [1.82, 2.24) is 0 Å². The number of hydrogen-bond donors (Lipinski definition) is 0. The van der Waals surface area contributed by atoms with Gasteiger partial charge in [-0.3, -0.25) is 4.79 Å². The minimum atomic E-state index is -0.0827. The Kier molecular flexibility index (Phi) is 9.59. The van der Waals surface area contributed by atoms with Crippen molar-refractivity contribution in [1.29, 1.82) is 0 Å². The standard InChI is InChI=1S/C12H23O3/c1-3-8-11(2)12(14)15-10-7-5-4-6-9-13/h11H,3-10H2,1-2H3. The summed E-state index contributed by atoms with van der Waals surface area (Å²) in [6.07, 6.45) is 5.46. The second-order valence-corrected chi connectivity index (χ2v) is 3.98. The Hall–Kier alpha value is -0.570. The summed E-state index contributed by atoms with van der Waals surface area (Å²) in [4.78, 5) is 11.3. The lowest BCUT2D eigenvalue weighted by Gasteiger charge is -2.09. The molecule has 0 aromatic carbocycles. The smallest absolute Gasteiger partial charge is 0.308 e. The number of unbranched alkanes of at least 4 members (excludes halogenated alkanes) is 3. The highest BCUT2D eigenvalue weighted by molar-refractivity contribution is 5.71. The predicted molar refractivity (Wildman–Crippen MR) is 59.1 cm³/mol. The lowest BCUT2D eigenvalue weighted by Crippen LogP contribution is -2.15. The van der Waals surface area contributed by atoms with Crippen LogP contribution < -0.4 is 0 Å². The molecule has 0 rings (SSSR count). The molecule has 89 valence electrons. The summed E-state index contributed by atoms with van der Waals surface area (Å²) in [5.74, 6) is -0.0580. The number of esters is 1.